The van der Waals surface area contributed by atoms with Gasteiger partial charge in [-0.1, -0.05) is 31.5 Å². The summed E-state index contributed by atoms with van der Waals surface area (Å²) in [6.07, 6.45) is 6.24. The molecule has 1 N–H and O–H groups in total. The van der Waals surface area contributed by atoms with E-state index in [9.17, 15) is 0 Å². The molecule has 2 heterocycles. The molecule has 4 nitrogen and oxygen atoms in total. The summed E-state index contributed by atoms with van der Waals surface area (Å²) in [5, 5.41) is 13.2. The molecule has 1 fully saturated rings. The Bertz CT molecular complexity index is 358. The lowest BCUT2D eigenvalue weighted by molar-refractivity contribution is 0.434. The number of thioether (sulfide) groups is 1. The number of nitrogens with zero attached hydrogens (tertiary/aromatic N) is 3. The topological polar surface area (TPSA) is 42.7 Å². The van der Waals surface area contributed by atoms with Crippen molar-refractivity contribution in [3.8, 4) is 0 Å². The minimum Gasteiger partial charge on any atom is -0.317 e. The molecule has 1 aromatic heterocycles. The van der Waals surface area contributed by atoms with Gasteiger partial charge in [0.05, 0.1) is 0 Å². The predicted molar refractivity (Wildman–Crippen MR) is 76.1 cm³/mol. The number of rotatable bonds is 6. The van der Waals surface area contributed by atoms with Crippen molar-refractivity contribution in [2.75, 3.05) is 18.8 Å². The lowest BCUT2D eigenvalue weighted by Gasteiger charge is -2.21. The van der Waals surface area contributed by atoms with Crippen LogP contribution in [0.25, 0.3) is 0 Å². The van der Waals surface area contributed by atoms with Crippen molar-refractivity contribution in [2.45, 2.75) is 50.1 Å². The number of unbranched alkanes of at least 4 members (excludes halogenated alkanes) is 2. The second kappa shape index (κ2) is 7.14. The van der Waals surface area contributed by atoms with Crippen molar-refractivity contribution >= 4 is 11.8 Å². The van der Waals surface area contributed by atoms with Gasteiger partial charge in [0.2, 0.25) is 0 Å². The van der Waals surface area contributed by atoms with Crippen LogP contribution in [-0.4, -0.2) is 33.6 Å². The zero-order valence-corrected chi connectivity index (χ0v) is 12.3. The molecule has 0 bridgehead atoms. The van der Waals surface area contributed by atoms with Gasteiger partial charge in [-0.15, -0.1) is 10.2 Å². The molecule has 0 saturated carbocycles. The average molecular weight is 268 g/mol. The largest absolute Gasteiger partial charge is 0.317 e. The van der Waals surface area contributed by atoms with Gasteiger partial charge in [0.1, 0.15) is 5.82 Å². The van der Waals surface area contributed by atoms with Gasteiger partial charge in [-0.2, -0.15) is 0 Å². The summed E-state index contributed by atoms with van der Waals surface area (Å²) < 4.78 is 2.20. The second-order valence-corrected chi connectivity index (χ2v) is 6.04. The van der Waals surface area contributed by atoms with Gasteiger partial charge < -0.3 is 9.88 Å². The number of aromatic nitrogens is 3. The maximum absolute atomic E-state index is 4.40. The van der Waals surface area contributed by atoms with Crippen LogP contribution in [0.5, 0.6) is 0 Å². The average Bonchev–Trinajstić information content (AvgIpc) is 2.77. The fourth-order valence-corrected chi connectivity index (χ4v) is 3.32. The minimum atomic E-state index is 0.591. The summed E-state index contributed by atoms with van der Waals surface area (Å²) in [7, 11) is 2.11. The van der Waals surface area contributed by atoms with Crippen LogP contribution >= 0.6 is 11.8 Å². The Morgan fingerprint density at radius 1 is 1.28 bits per heavy atom. The fraction of sp³-hybridized carbons (Fsp3) is 0.846. The maximum Gasteiger partial charge on any atom is 0.190 e. The molecule has 1 aromatic rings. The van der Waals surface area contributed by atoms with Gasteiger partial charge in [0, 0.05) is 18.7 Å². The first-order valence-corrected chi connectivity index (χ1v) is 8.04. The van der Waals surface area contributed by atoms with E-state index >= 15 is 0 Å². The van der Waals surface area contributed by atoms with E-state index in [0.29, 0.717) is 5.92 Å². The Balaban J connectivity index is 1.90. The van der Waals surface area contributed by atoms with E-state index in [4.69, 9.17) is 0 Å². The molecule has 1 saturated heterocycles. The molecule has 0 radical (unpaired) electrons. The van der Waals surface area contributed by atoms with Crippen LogP contribution in [0.15, 0.2) is 5.16 Å². The summed E-state index contributed by atoms with van der Waals surface area (Å²) in [6.45, 7) is 4.45. The maximum atomic E-state index is 4.40. The summed E-state index contributed by atoms with van der Waals surface area (Å²) in [5.41, 5.74) is 0. The summed E-state index contributed by atoms with van der Waals surface area (Å²) in [6, 6.07) is 0. The monoisotopic (exact) mass is 268 g/mol. The Morgan fingerprint density at radius 3 is 2.78 bits per heavy atom. The summed E-state index contributed by atoms with van der Waals surface area (Å²) in [4.78, 5) is 0. The number of hydrogen-bond acceptors (Lipinski definition) is 4. The van der Waals surface area contributed by atoms with Crippen LogP contribution < -0.4 is 5.32 Å². The molecule has 0 aliphatic carbocycles. The fourth-order valence-electron chi connectivity index (χ4n) is 2.40. The predicted octanol–water partition coefficient (Wildman–Crippen LogP) is 2.56. The van der Waals surface area contributed by atoms with Gasteiger partial charge in [0.15, 0.2) is 5.16 Å². The molecule has 0 unspecified atom stereocenters. The highest BCUT2D eigenvalue weighted by molar-refractivity contribution is 7.99. The van der Waals surface area contributed by atoms with Crippen molar-refractivity contribution in [3.63, 3.8) is 0 Å². The van der Waals surface area contributed by atoms with E-state index < -0.39 is 0 Å². The highest BCUT2D eigenvalue weighted by Gasteiger charge is 2.21. The van der Waals surface area contributed by atoms with E-state index in [1.807, 2.05) is 11.8 Å². The van der Waals surface area contributed by atoms with Crippen LogP contribution in [0, 0.1) is 0 Å². The van der Waals surface area contributed by atoms with Crippen LogP contribution in [0.2, 0.25) is 0 Å². The van der Waals surface area contributed by atoms with Crippen molar-refractivity contribution in [2.24, 2.45) is 7.05 Å². The summed E-state index contributed by atoms with van der Waals surface area (Å²) in [5.74, 6) is 2.93. The molecule has 1 aliphatic heterocycles. The van der Waals surface area contributed by atoms with E-state index in [1.54, 1.807) is 0 Å². The van der Waals surface area contributed by atoms with Gasteiger partial charge in [-0.25, -0.2) is 0 Å². The lowest BCUT2D eigenvalue weighted by atomic mass is 9.97. The van der Waals surface area contributed by atoms with Gasteiger partial charge >= 0.3 is 0 Å². The highest BCUT2D eigenvalue weighted by Crippen LogP contribution is 2.26. The lowest BCUT2D eigenvalue weighted by Crippen LogP contribution is -2.27. The highest BCUT2D eigenvalue weighted by atomic mass is 32.2. The van der Waals surface area contributed by atoms with E-state index in [-0.39, 0.29) is 0 Å². The van der Waals surface area contributed by atoms with E-state index in [0.717, 1.165) is 24.0 Å². The third kappa shape index (κ3) is 3.48. The molecule has 0 aromatic carbocycles. The quantitative estimate of drug-likeness (QED) is 0.636. The third-order valence-electron chi connectivity index (χ3n) is 3.55. The van der Waals surface area contributed by atoms with Gasteiger partial charge in [-0.05, 0) is 32.4 Å². The molecule has 0 spiro atoms. The molecule has 102 valence electrons. The normalized spacial score (nSPS) is 17.2. The van der Waals surface area contributed by atoms with Crippen LogP contribution in [0.4, 0.5) is 0 Å². The molecular formula is C13H24N4S. The van der Waals surface area contributed by atoms with Crippen molar-refractivity contribution in [1.82, 2.24) is 20.1 Å². The minimum absolute atomic E-state index is 0.591. The third-order valence-corrected chi connectivity index (χ3v) is 4.66. The first-order valence-electron chi connectivity index (χ1n) is 7.05. The molecule has 0 amide bonds. The summed E-state index contributed by atoms with van der Waals surface area (Å²) >= 11 is 1.85. The molecule has 18 heavy (non-hydrogen) atoms. The Hall–Kier alpha value is -0.550. The Morgan fingerprint density at radius 2 is 2.06 bits per heavy atom. The number of hydrogen-bond donors (Lipinski definition) is 1. The molecule has 1 aliphatic rings. The standard InChI is InChI=1S/C13H24N4S/c1-3-4-5-10-18-13-16-15-12(17(13)2)11-6-8-14-9-7-11/h11,14H,3-10H2,1-2H3. The molecule has 0 atom stereocenters. The molecular weight excluding hydrogens is 244 g/mol. The zero-order chi connectivity index (χ0) is 12.8. The van der Waals surface area contributed by atoms with Crippen LogP contribution in [-0.2, 0) is 7.05 Å². The van der Waals surface area contributed by atoms with Crippen molar-refractivity contribution in [1.29, 1.82) is 0 Å². The smallest absolute Gasteiger partial charge is 0.190 e. The van der Waals surface area contributed by atoms with E-state index in [1.165, 1.54) is 37.9 Å². The SMILES string of the molecule is CCCCCSc1nnc(C2CCNCC2)n1C. The van der Waals surface area contributed by atoms with Crippen molar-refractivity contribution < 1.29 is 0 Å². The first kappa shape index (κ1) is 13.9. The molecule has 2 rings (SSSR count). The van der Waals surface area contributed by atoms with Gasteiger partial charge in [0.25, 0.3) is 0 Å². The number of nitrogens with one attached hydrogen (secondary N) is 1. The van der Waals surface area contributed by atoms with Crippen LogP contribution in [0.1, 0.15) is 50.8 Å². The Kier molecular flexibility index (Phi) is 5.50. The van der Waals surface area contributed by atoms with Crippen LogP contribution in [0.3, 0.4) is 0 Å². The second-order valence-electron chi connectivity index (χ2n) is 4.98. The first-order chi connectivity index (χ1) is 8.83. The van der Waals surface area contributed by atoms with Crippen molar-refractivity contribution in [3.05, 3.63) is 5.82 Å². The Labute approximate surface area is 114 Å². The number of piperidine rings is 1. The molecule has 5 heteroatoms. The van der Waals surface area contributed by atoms with E-state index in [2.05, 4.69) is 34.1 Å². The van der Waals surface area contributed by atoms with Gasteiger partial charge in [-0.3, -0.25) is 0 Å². The zero-order valence-electron chi connectivity index (χ0n) is 11.5.